The van der Waals surface area contributed by atoms with E-state index in [1.54, 1.807) is 24.7 Å². The molecule has 2 N–H and O–H groups in total. The minimum absolute atomic E-state index is 0.173. The molecule has 108 valence electrons. The smallest absolute Gasteiger partial charge is 0.240 e. The van der Waals surface area contributed by atoms with E-state index in [1.807, 2.05) is 10.8 Å². The molecule has 7 heteroatoms. The molecular formula is C13H17N3O3S. The van der Waals surface area contributed by atoms with Crippen molar-refractivity contribution in [2.45, 2.75) is 24.5 Å². The van der Waals surface area contributed by atoms with Gasteiger partial charge < -0.3 is 9.67 Å². The van der Waals surface area contributed by atoms with Gasteiger partial charge in [-0.3, -0.25) is 0 Å². The second-order valence-corrected chi connectivity index (χ2v) is 6.12. The molecular weight excluding hydrogens is 278 g/mol. The number of hydrogen-bond donors (Lipinski definition) is 2. The average Bonchev–Trinajstić information content (AvgIpc) is 2.97. The summed E-state index contributed by atoms with van der Waals surface area (Å²) >= 11 is 0. The van der Waals surface area contributed by atoms with Gasteiger partial charge >= 0.3 is 0 Å². The maximum Gasteiger partial charge on any atom is 0.240 e. The van der Waals surface area contributed by atoms with Crippen LogP contribution in [-0.4, -0.2) is 29.6 Å². The largest absolute Gasteiger partial charge is 0.392 e. The first-order chi connectivity index (χ1) is 9.62. The summed E-state index contributed by atoms with van der Waals surface area (Å²) in [5.41, 5.74) is 0.575. The molecule has 0 bridgehead atoms. The molecule has 0 unspecified atom stereocenters. The second-order valence-electron chi connectivity index (χ2n) is 4.36. The average molecular weight is 295 g/mol. The molecule has 1 heterocycles. The van der Waals surface area contributed by atoms with Crippen LogP contribution in [0.4, 0.5) is 0 Å². The highest BCUT2D eigenvalue weighted by Gasteiger charge is 2.13. The summed E-state index contributed by atoms with van der Waals surface area (Å²) in [5.74, 6) is 0. The topological polar surface area (TPSA) is 84.2 Å². The Labute approximate surface area is 118 Å². The van der Waals surface area contributed by atoms with Crippen LogP contribution in [0.15, 0.2) is 47.9 Å². The maximum atomic E-state index is 12.0. The number of aliphatic hydroxyl groups is 1. The van der Waals surface area contributed by atoms with Crippen molar-refractivity contribution >= 4 is 10.0 Å². The Morgan fingerprint density at radius 1 is 1.35 bits per heavy atom. The Balaban J connectivity index is 1.90. The molecule has 0 amide bonds. The van der Waals surface area contributed by atoms with Crippen molar-refractivity contribution in [1.29, 1.82) is 0 Å². The summed E-state index contributed by atoms with van der Waals surface area (Å²) in [6.07, 6.45) is 5.89. The molecule has 2 aromatic rings. The zero-order chi connectivity index (χ0) is 14.4. The van der Waals surface area contributed by atoms with Crippen molar-refractivity contribution in [2.75, 3.05) is 6.54 Å². The van der Waals surface area contributed by atoms with Gasteiger partial charge in [0.1, 0.15) is 0 Å². The van der Waals surface area contributed by atoms with Crippen molar-refractivity contribution in [3.63, 3.8) is 0 Å². The van der Waals surface area contributed by atoms with Crippen LogP contribution < -0.4 is 4.72 Å². The lowest BCUT2D eigenvalue weighted by Crippen LogP contribution is -2.25. The van der Waals surface area contributed by atoms with Gasteiger partial charge in [0.05, 0.1) is 17.8 Å². The van der Waals surface area contributed by atoms with Gasteiger partial charge in [-0.1, -0.05) is 12.1 Å². The van der Waals surface area contributed by atoms with Gasteiger partial charge in [0.15, 0.2) is 0 Å². The van der Waals surface area contributed by atoms with Gasteiger partial charge in [-0.2, -0.15) is 0 Å². The highest BCUT2D eigenvalue weighted by atomic mass is 32.2. The van der Waals surface area contributed by atoms with E-state index in [9.17, 15) is 8.42 Å². The Bertz CT molecular complexity index is 639. The number of hydrogen-bond acceptors (Lipinski definition) is 4. The molecule has 0 atom stereocenters. The fraction of sp³-hybridized carbons (Fsp3) is 0.308. The Hall–Kier alpha value is -1.70. The molecule has 0 radical (unpaired) electrons. The Morgan fingerprint density at radius 2 is 2.20 bits per heavy atom. The molecule has 0 spiro atoms. The number of aliphatic hydroxyl groups excluding tert-OH is 1. The minimum atomic E-state index is -3.52. The van der Waals surface area contributed by atoms with E-state index in [0.717, 1.165) is 0 Å². The fourth-order valence-corrected chi connectivity index (χ4v) is 2.93. The van der Waals surface area contributed by atoms with Gasteiger partial charge in [-0.25, -0.2) is 18.1 Å². The van der Waals surface area contributed by atoms with Gasteiger partial charge in [-0.15, -0.1) is 0 Å². The third kappa shape index (κ3) is 3.89. The second kappa shape index (κ2) is 6.65. The van der Waals surface area contributed by atoms with Crippen LogP contribution in [0.1, 0.15) is 12.0 Å². The van der Waals surface area contributed by atoms with E-state index in [0.29, 0.717) is 25.1 Å². The fourth-order valence-electron chi connectivity index (χ4n) is 1.78. The van der Waals surface area contributed by atoms with Gasteiger partial charge in [0, 0.05) is 25.5 Å². The highest BCUT2D eigenvalue weighted by molar-refractivity contribution is 7.89. The van der Waals surface area contributed by atoms with Gasteiger partial charge in [0.2, 0.25) is 10.0 Å². The molecule has 0 saturated carbocycles. The monoisotopic (exact) mass is 295 g/mol. The first-order valence-corrected chi connectivity index (χ1v) is 7.75. The summed E-state index contributed by atoms with van der Waals surface area (Å²) < 4.78 is 28.5. The lowest BCUT2D eigenvalue weighted by atomic mass is 10.2. The van der Waals surface area contributed by atoms with E-state index < -0.39 is 10.0 Å². The van der Waals surface area contributed by atoms with Crippen LogP contribution in [0.25, 0.3) is 0 Å². The molecule has 0 aliphatic rings. The number of aryl methyl sites for hydroxylation is 1. The number of aromatic nitrogens is 2. The van der Waals surface area contributed by atoms with E-state index in [1.165, 1.54) is 12.1 Å². The molecule has 0 saturated heterocycles. The van der Waals surface area contributed by atoms with Crippen LogP contribution in [0.5, 0.6) is 0 Å². The molecule has 20 heavy (non-hydrogen) atoms. The number of nitrogens with zero attached hydrogens (tertiary/aromatic N) is 2. The van der Waals surface area contributed by atoms with Crippen LogP contribution in [-0.2, 0) is 23.2 Å². The maximum absolute atomic E-state index is 12.0. The number of rotatable bonds is 7. The van der Waals surface area contributed by atoms with Crippen LogP contribution in [0, 0.1) is 0 Å². The Kier molecular flexibility index (Phi) is 4.89. The van der Waals surface area contributed by atoms with Crippen molar-refractivity contribution in [3.8, 4) is 0 Å². The molecule has 0 fully saturated rings. The van der Waals surface area contributed by atoms with Crippen molar-refractivity contribution in [1.82, 2.24) is 14.3 Å². The summed E-state index contributed by atoms with van der Waals surface area (Å²) in [4.78, 5) is 4.09. The molecule has 0 aliphatic heterocycles. The summed E-state index contributed by atoms with van der Waals surface area (Å²) in [6, 6.07) is 6.28. The number of nitrogens with one attached hydrogen (secondary N) is 1. The predicted molar refractivity (Wildman–Crippen MR) is 74.4 cm³/mol. The molecule has 2 rings (SSSR count). The quantitative estimate of drug-likeness (QED) is 0.738. The number of imidazole rings is 1. The van der Waals surface area contributed by atoms with Gasteiger partial charge in [0.25, 0.3) is 0 Å². The van der Waals surface area contributed by atoms with Crippen LogP contribution in [0.2, 0.25) is 0 Å². The van der Waals surface area contributed by atoms with E-state index in [-0.39, 0.29) is 11.5 Å². The normalized spacial score (nSPS) is 11.7. The van der Waals surface area contributed by atoms with Crippen molar-refractivity contribution in [2.24, 2.45) is 0 Å². The van der Waals surface area contributed by atoms with Gasteiger partial charge in [-0.05, 0) is 24.1 Å². The molecule has 1 aromatic heterocycles. The lowest BCUT2D eigenvalue weighted by Gasteiger charge is -2.08. The summed E-state index contributed by atoms with van der Waals surface area (Å²) in [6.45, 7) is 0.882. The molecule has 6 nitrogen and oxygen atoms in total. The predicted octanol–water partition coefficient (Wildman–Crippen LogP) is 0.744. The molecule has 1 aromatic carbocycles. The van der Waals surface area contributed by atoms with Crippen LogP contribution >= 0.6 is 0 Å². The minimum Gasteiger partial charge on any atom is -0.392 e. The van der Waals surface area contributed by atoms with E-state index in [2.05, 4.69) is 9.71 Å². The Morgan fingerprint density at radius 3 is 2.90 bits per heavy atom. The van der Waals surface area contributed by atoms with E-state index in [4.69, 9.17) is 5.11 Å². The lowest BCUT2D eigenvalue weighted by molar-refractivity contribution is 0.281. The first kappa shape index (κ1) is 14.7. The summed E-state index contributed by atoms with van der Waals surface area (Å²) in [5, 5.41) is 9.02. The third-order valence-electron chi connectivity index (χ3n) is 2.84. The zero-order valence-corrected chi connectivity index (χ0v) is 11.8. The highest BCUT2D eigenvalue weighted by Crippen LogP contribution is 2.11. The third-order valence-corrected chi connectivity index (χ3v) is 4.29. The van der Waals surface area contributed by atoms with Crippen LogP contribution in [0.3, 0.4) is 0 Å². The number of benzene rings is 1. The zero-order valence-electron chi connectivity index (χ0n) is 10.9. The standard InChI is InChI=1S/C13H17N3O3S/c17-10-12-3-1-4-13(9-12)20(18,19)15-5-2-7-16-8-6-14-11-16/h1,3-4,6,8-9,11,15,17H,2,5,7,10H2. The summed E-state index contributed by atoms with van der Waals surface area (Å²) in [7, 11) is -3.52. The SMILES string of the molecule is O=S(=O)(NCCCn1ccnc1)c1cccc(CO)c1. The number of sulfonamides is 1. The molecule has 0 aliphatic carbocycles. The van der Waals surface area contributed by atoms with E-state index >= 15 is 0 Å². The first-order valence-electron chi connectivity index (χ1n) is 6.27. The van der Waals surface area contributed by atoms with Crippen molar-refractivity contribution in [3.05, 3.63) is 48.5 Å². The van der Waals surface area contributed by atoms with Crippen molar-refractivity contribution < 1.29 is 13.5 Å².